The fourth-order valence-electron chi connectivity index (χ4n) is 2.64. The summed E-state index contributed by atoms with van der Waals surface area (Å²) in [4.78, 5) is 2.29. The number of nitrogens with zero attached hydrogens (tertiary/aromatic N) is 1. The Morgan fingerprint density at radius 1 is 1.33 bits per heavy atom. The van der Waals surface area contributed by atoms with Crippen LogP contribution in [-0.2, 0) is 0 Å². The SMILES string of the molecule is CNCCN(C)CC(CN)C(N)c1csc2ccccc12. The zero-order valence-corrected chi connectivity index (χ0v) is 13.7. The van der Waals surface area contributed by atoms with E-state index in [1.54, 1.807) is 11.3 Å². The number of likely N-dealkylation sites (N-methyl/N-ethyl adjacent to an activating group) is 2. The summed E-state index contributed by atoms with van der Waals surface area (Å²) in [5, 5.41) is 6.62. The molecule has 0 aliphatic heterocycles. The van der Waals surface area contributed by atoms with Crippen LogP contribution in [0.15, 0.2) is 29.6 Å². The summed E-state index contributed by atoms with van der Waals surface area (Å²) < 4.78 is 1.29. The molecule has 5 heteroatoms. The lowest BCUT2D eigenvalue weighted by molar-refractivity contribution is 0.258. The highest BCUT2D eigenvalue weighted by molar-refractivity contribution is 7.17. The molecule has 0 aliphatic carbocycles. The van der Waals surface area contributed by atoms with Gasteiger partial charge in [-0.3, -0.25) is 0 Å². The van der Waals surface area contributed by atoms with Crippen molar-refractivity contribution in [3.8, 4) is 0 Å². The molecule has 0 spiro atoms. The van der Waals surface area contributed by atoms with Crippen LogP contribution in [0.5, 0.6) is 0 Å². The van der Waals surface area contributed by atoms with E-state index in [0.29, 0.717) is 6.54 Å². The van der Waals surface area contributed by atoms with E-state index in [1.165, 1.54) is 15.6 Å². The molecule has 0 radical (unpaired) electrons. The number of hydrogen-bond donors (Lipinski definition) is 3. The molecule has 0 bridgehead atoms. The van der Waals surface area contributed by atoms with Crippen LogP contribution >= 0.6 is 11.3 Å². The third-order valence-corrected chi connectivity index (χ3v) is 4.95. The Kier molecular flexibility index (Phi) is 6.14. The molecule has 0 saturated carbocycles. The van der Waals surface area contributed by atoms with Gasteiger partial charge in [-0.2, -0.15) is 0 Å². The van der Waals surface area contributed by atoms with E-state index in [2.05, 4.69) is 46.9 Å². The fourth-order valence-corrected chi connectivity index (χ4v) is 3.65. The third kappa shape index (κ3) is 4.02. The second kappa shape index (κ2) is 7.87. The predicted octanol–water partition coefficient (Wildman–Crippen LogP) is 1.63. The van der Waals surface area contributed by atoms with E-state index in [0.717, 1.165) is 19.6 Å². The highest BCUT2D eigenvalue weighted by atomic mass is 32.1. The van der Waals surface area contributed by atoms with Crippen molar-refractivity contribution in [1.82, 2.24) is 10.2 Å². The second-order valence-electron chi connectivity index (χ2n) is 5.57. The molecule has 2 rings (SSSR count). The van der Waals surface area contributed by atoms with Crippen LogP contribution in [0.1, 0.15) is 11.6 Å². The van der Waals surface area contributed by atoms with E-state index in [-0.39, 0.29) is 12.0 Å². The number of benzene rings is 1. The maximum absolute atomic E-state index is 6.52. The first-order chi connectivity index (χ1) is 10.2. The zero-order valence-electron chi connectivity index (χ0n) is 12.9. The van der Waals surface area contributed by atoms with Gasteiger partial charge < -0.3 is 21.7 Å². The molecule has 21 heavy (non-hydrogen) atoms. The van der Waals surface area contributed by atoms with Crippen LogP contribution in [0.3, 0.4) is 0 Å². The average molecular weight is 306 g/mol. The quantitative estimate of drug-likeness (QED) is 0.693. The molecule has 0 aliphatic rings. The largest absolute Gasteiger partial charge is 0.330 e. The summed E-state index contributed by atoms with van der Waals surface area (Å²) in [6, 6.07) is 8.43. The molecule has 2 aromatic rings. The number of nitrogens with one attached hydrogen (secondary N) is 1. The standard InChI is InChI=1S/C16H26N4S/c1-19-7-8-20(2)10-12(9-17)16(18)14-11-21-15-6-4-3-5-13(14)15/h3-6,11-12,16,19H,7-10,17-18H2,1-2H3. The first kappa shape index (κ1) is 16.4. The maximum Gasteiger partial charge on any atom is 0.0362 e. The van der Waals surface area contributed by atoms with Crippen molar-refractivity contribution in [2.45, 2.75) is 6.04 Å². The molecule has 1 aromatic heterocycles. The molecular weight excluding hydrogens is 280 g/mol. The fraction of sp³-hybridized carbons (Fsp3) is 0.500. The van der Waals surface area contributed by atoms with Crippen molar-refractivity contribution in [3.05, 3.63) is 35.2 Å². The minimum Gasteiger partial charge on any atom is -0.330 e. The van der Waals surface area contributed by atoms with E-state index < -0.39 is 0 Å². The molecule has 0 fully saturated rings. The summed E-state index contributed by atoms with van der Waals surface area (Å²) in [7, 11) is 4.09. The predicted molar refractivity (Wildman–Crippen MR) is 92.7 cm³/mol. The topological polar surface area (TPSA) is 67.3 Å². The summed E-state index contributed by atoms with van der Waals surface area (Å²) in [5.74, 6) is 0.268. The maximum atomic E-state index is 6.52. The van der Waals surface area contributed by atoms with Crippen LogP contribution in [0, 0.1) is 5.92 Å². The van der Waals surface area contributed by atoms with E-state index >= 15 is 0 Å². The van der Waals surface area contributed by atoms with Gasteiger partial charge in [0.05, 0.1) is 0 Å². The van der Waals surface area contributed by atoms with E-state index in [9.17, 15) is 0 Å². The monoisotopic (exact) mass is 306 g/mol. The van der Waals surface area contributed by atoms with Gasteiger partial charge in [0.25, 0.3) is 0 Å². The highest BCUT2D eigenvalue weighted by Crippen LogP contribution is 2.32. The Morgan fingerprint density at radius 3 is 2.81 bits per heavy atom. The van der Waals surface area contributed by atoms with Crippen molar-refractivity contribution < 1.29 is 0 Å². The van der Waals surface area contributed by atoms with Gasteiger partial charge in [-0.25, -0.2) is 0 Å². The number of hydrogen-bond acceptors (Lipinski definition) is 5. The van der Waals surface area contributed by atoms with Crippen molar-refractivity contribution in [1.29, 1.82) is 0 Å². The van der Waals surface area contributed by atoms with Crippen molar-refractivity contribution in [2.24, 2.45) is 17.4 Å². The Balaban J connectivity index is 2.10. The van der Waals surface area contributed by atoms with Gasteiger partial charge in [-0.1, -0.05) is 18.2 Å². The van der Waals surface area contributed by atoms with E-state index in [1.807, 2.05) is 7.05 Å². The lowest BCUT2D eigenvalue weighted by Gasteiger charge is -2.27. The van der Waals surface area contributed by atoms with Crippen molar-refractivity contribution >= 4 is 21.4 Å². The van der Waals surface area contributed by atoms with Crippen LogP contribution in [0.4, 0.5) is 0 Å². The van der Waals surface area contributed by atoms with E-state index in [4.69, 9.17) is 11.5 Å². The minimum absolute atomic E-state index is 0.0109. The molecule has 1 aromatic carbocycles. The summed E-state index contributed by atoms with van der Waals surface area (Å²) in [5.41, 5.74) is 13.7. The molecule has 2 unspecified atom stereocenters. The number of thiophene rings is 1. The van der Waals surface area contributed by atoms with Gasteiger partial charge >= 0.3 is 0 Å². The number of nitrogens with two attached hydrogens (primary N) is 2. The molecule has 5 N–H and O–H groups in total. The van der Waals surface area contributed by atoms with Gasteiger partial charge in [0.15, 0.2) is 0 Å². The zero-order chi connectivity index (χ0) is 15.2. The van der Waals surface area contributed by atoms with Crippen LogP contribution in [0.2, 0.25) is 0 Å². The van der Waals surface area contributed by atoms with Crippen LogP contribution in [0.25, 0.3) is 10.1 Å². The molecule has 116 valence electrons. The Bertz CT molecular complexity index is 554. The van der Waals surface area contributed by atoms with Crippen molar-refractivity contribution in [2.75, 3.05) is 40.3 Å². The van der Waals surface area contributed by atoms with Crippen LogP contribution in [-0.4, -0.2) is 45.2 Å². The summed E-state index contributed by atoms with van der Waals surface area (Å²) in [6.45, 7) is 3.51. The van der Waals surface area contributed by atoms with Gasteiger partial charge in [0.1, 0.15) is 0 Å². The molecular formula is C16H26N4S. The van der Waals surface area contributed by atoms with Crippen molar-refractivity contribution in [3.63, 3.8) is 0 Å². The normalized spacial score (nSPS) is 14.7. The Labute approximate surface area is 131 Å². The molecule has 2 atom stereocenters. The van der Waals surface area contributed by atoms with Gasteiger partial charge in [-0.15, -0.1) is 11.3 Å². The molecule has 4 nitrogen and oxygen atoms in total. The lowest BCUT2D eigenvalue weighted by atomic mass is 9.93. The Hall–Kier alpha value is -0.980. The first-order valence-corrected chi connectivity index (χ1v) is 8.30. The Morgan fingerprint density at radius 2 is 2.10 bits per heavy atom. The lowest BCUT2D eigenvalue weighted by Crippen LogP contribution is -2.39. The molecule has 0 amide bonds. The average Bonchev–Trinajstić information content (AvgIpc) is 2.94. The molecule has 0 saturated heterocycles. The van der Waals surface area contributed by atoms with Gasteiger partial charge in [0, 0.05) is 36.3 Å². The minimum atomic E-state index is -0.0109. The number of fused-ring (bicyclic) bond motifs is 1. The van der Waals surface area contributed by atoms with Crippen LogP contribution < -0.4 is 16.8 Å². The van der Waals surface area contributed by atoms with Gasteiger partial charge in [0.2, 0.25) is 0 Å². The number of rotatable bonds is 8. The summed E-state index contributed by atoms with van der Waals surface area (Å²) in [6.07, 6.45) is 0. The second-order valence-corrected chi connectivity index (χ2v) is 6.49. The molecule has 1 heterocycles. The first-order valence-electron chi connectivity index (χ1n) is 7.42. The highest BCUT2D eigenvalue weighted by Gasteiger charge is 2.22. The third-order valence-electron chi connectivity index (χ3n) is 3.97. The van der Waals surface area contributed by atoms with Gasteiger partial charge in [-0.05, 0) is 43.0 Å². The summed E-state index contributed by atoms with van der Waals surface area (Å²) >= 11 is 1.76. The smallest absolute Gasteiger partial charge is 0.0362 e.